The molecule has 1 N–H and O–H groups in total. The number of carbonyl (C=O) groups is 1. The molecule has 3 aromatic rings. The van der Waals surface area contributed by atoms with Gasteiger partial charge in [0.25, 0.3) is 5.69 Å². The van der Waals surface area contributed by atoms with Crippen LogP contribution in [0.25, 0.3) is 6.08 Å². The van der Waals surface area contributed by atoms with E-state index in [1.54, 1.807) is 30.3 Å². The van der Waals surface area contributed by atoms with Crippen molar-refractivity contribution in [2.45, 2.75) is 9.10 Å². The summed E-state index contributed by atoms with van der Waals surface area (Å²) >= 11 is 6.58. The van der Waals surface area contributed by atoms with Crippen LogP contribution in [0.15, 0.2) is 69.9 Å². The van der Waals surface area contributed by atoms with E-state index < -0.39 is 20.7 Å². The Labute approximate surface area is 174 Å². The first-order valence-electron chi connectivity index (χ1n) is 7.96. The van der Waals surface area contributed by atoms with E-state index in [4.69, 9.17) is 11.6 Å². The highest BCUT2D eigenvalue weighted by Crippen LogP contribution is 2.29. The average molecular weight is 450 g/mol. The summed E-state index contributed by atoms with van der Waals surface area (Å²) in [5.74, 6) is -0.478. The van der Waals surface area contributed by atoms with Gasteiger partial charge in [0.05, 0.1) is 16.0 Å². The largest absolute Gasteiger partial charge is 0.298 e. The van der Waals surface area contributed by atoms with Crippen molar-refractivity contribution < 1.29 is 18.1 Å². The first-order valence-corrected chi connectivity index (χ1v) is 10.6. The predicted molar refractivity (Wildman–Crippen MR) is 110 cm³/mol. The minimum Gasteiger partial charge on any atom is -0.298 e. The number of nitrogens with one attached hydrogen (secondary N) is 1. The molecule has 3 rings (SSSR count). The Kier molecular flexibility index (Phi) is 6.06. The molecule has 0 aliphatic rings. The minimum absolute atomic E-state index is 0.0941. The molecule has 1 aromatic heterocycles. The number of nitro benzene ring substituents is 1. The molecule has 11 heteroatoms. The molecule has 148 valence electrons. The van der Waals surface area contributed by atoms with Gasteiger partial charge in [-0.15, -0.1) is 0 Å². The average Bonchev–Trinajstić information content (AvgIpc) is 3.17. The zero-order valence-electron chi connectivity index (χ0n) is 14.5. The summed E-state index contributed by atoms with van der Waals surface area (Å²) in [5, 5.41) is 13.9. The van der Waals surface area contributed by atoms with Crippen molar-refractivity contribution in [1.29, 1.82) is 0 Å². The van der Waals surface area contributed by atoms with Crippen LogP contribution in [0, 0.1) is 10.1 Å². The highest BCUT2D eigenvalue weighted by atomic mass is 35.5. The molecule has 29 heavy (non-hydrogen) atoms. The van der Waals surface area contributed by atoms with Crippen LogP contribution in [0.5, 0.6) is 0 Å². The normalized spacial score (nSPS) is 11.5. The van der Waals surface area contributed by atoms with Crippen molar-refractivity contribution in [1.82, 2.24) is 4.98 Å². The molecule has 0 aliphatic carbocycles. The Bertz CT molecular complexity index is 1190. The minimum atomic E-state index is -3.90. The lowest BCUT2D eigenvalue weighted by Gasteiger charge is -2.00. The zero-order chi connectivity index (χ0) is 21.0. The fourth-order valence-corrected chi connectivity index (χ4v) is 4.76. The molecule has 0 saturated heterocycles. The van der Waals surface area contributed by atoms with E-state index in [2.05, 4.69) is 10.3 Å². The number of rotatable bonds is 6. The molecule has 0 unspecified atom stereocenters. The second-order valence-corrected chi connectivity index (χ2v) is 9.26. The summed E-state index contributed by atoms with van der Waals surface area (Å²) < 4.78 is 25.1. The molecule has 1 amide bonds. The standard InChI is InChI=1S/C18H12ClN3O5S2/c19-13-4-1-12(2-5-13)3-10-16(23)21-18-20-11-17(28-18)29(26,27)15-8-6-14(7-9-15)22(24)25/h1-11H,(H,20,21,23). The molecule has 1 heterocycles. The lowest BCUT2D eigenvalue weighted by Crippen LogP contribution is -2.07. The third-order valence-corrected chi connectivity index (χ3v) is 7.03. The third kappa shape index (κ3) is 5.05. The van der Waals surface area contributed by atoms with Crippen molar-refractivity contribution in [2.75, 3.05) is 5.32 Å². The van der Waals surface area contributed by atoms with Crippen molar-refractivity contribution in [2.24, 2.45) is 0 Å². The highest BCUT2D eigenvalue weighted by Gasteiger charge is 2.22. The maximum absolute atomic E-state index is 12.6. The number of thiazole rings is 1. The molecule has 8 nitrogen and oxygen atoms in total. The number of anilines is 1. The van der Waals surface area contributed by atoms with Gasteiger partial charge in [-0.3, -0.25) is 20.2 Å². The molecular weight excluding hydrogens is 438 g/mol. The summed E-state index contributed by atoms with van der Waals surface area (Å²) in [7, 11) is -3.90. The lowest BCUT2D eigenvalue weighted by molar-refractivity contribution is -0.384. The number of nitro groups is 1. The van der Waals surface area contributed by atoms with Crippen molar-refractivity contribution in [3.05, 3.63) is 81.5 Å². The molecule has 0 saturated carbocycles. The number of halogens is 1. The fourth-order valence-electron chi connectivity index (χ4n) is 2.20. The number of nitrogens with zero attached hydrogens (tertiary/aromatic N) is 2. The summed E-state index contributed by atoms with van der Waals surface area (Å²) in [5.41, 5.74) is 0.554. The maximum atomic E-state index is 12.6. The van der Waals surface area contributed by atoms with Crippen LogP contribution in [0.2, 0.25) is 5.02 Å². The molecular formula is C18H12ClN3O5S2. The summed E-state index contributed by atoms with van der Waals surface area (Å²) in [4.78, 5) is 25.9. The van der Waals surface area contributed by atoms with Crippen LogP contribution in [-0.2, 0) is 14.6 Å². The molecule has 0 fully saturated rings. The number of sulfone groups is 1. The van der Waals surface area contributed by atoms with Gasteiger partial charge in [-0.2, -0.15) is 0 Å². The number of hydrogen-bond acceptors (Lipinski definition) is 7. The predicted octanol–water partition coefficient (Wildman–Crippen LogP) is 4.19. The molecule has 2 aromatic carbocycles. The van der Waals surface area contributed by atoms with Crippen LogP contribution in [0.3, 0.4) is 0 Å². The second kappa shape index (κ2) is 8.52. The first kappa shape index (κ1) is 20.6. The number of hydrogen-bond donors (Lipinski definition) is 1. The van der Waals surface area contributed by atoms with Gasteiger partial charge in [0.15, 0.2) is 5.13 Å². The number of benzene rings is 2. The maximum Gasteiger partial charge on any atom is 0.269 e. The van der Waals surface area contributed by atoms with E-state index in [9.17, 15) is 23.3 Å². The van der Waals surface area contributed by atoms with Gasteiger partial charge in [-0.05, 0) is 35.9 Å². The van der Waals surface area contributed by atoms with E-state index in [0.717, 1.165) is 47.4 Å². The van der Waals surface area contributed by atoms with Gasteiger partial charge in [0.2, 0.25) is 15.7 Å². The van der Waals surface area contributed by atoms with Crippen LogP contribution in [-0.4, -0.2) is 24.2 Å². The number of aromatic nitrogens is 1. The first-order chi connectivity index (χ1) is 13.8. The second-order valence-electron chi connectivity index (χ2n) is 5.61. The Morgan fingerprint density at radius 1 is 1.14 bits per heavy atom. The molecule has 0 spiro atoms. The van der Waals surface area contributed by atoms with E-state index in [1.165, 1.54) is 6.08 Å². The van der Waals surface area contributed by atoms with E-state index in [-0.39, 0.29) is 19.9 Å². The summed E-state index contributed by atoms with van der Waals surface area (Å²) in [6.07, 6.45) is 3.99. The van der Waals surface area contributed by atoms with Crippen LogP contribution < -0.4 is 5.32 Å². The molecule has 0 radical (unpaired) electrons. The van der Waals surface area contributed by atoms with Gasteiger partial charge in [0, 0.05) is 23.2 Å². The number of carbonyl (C=O) groups excluding carboxylic acids is 1. The van der Waals surface area contributed by atoms with Gasteiger partial charge in [-0.1, -0.05) is 35.1 Å². The lowest BCUT2D eigenvalue weighted by atomic mass is 10.2. The topological polar surface area (TPSA) is 119 Å². The summed E-state index contributed by atoms with van der Waals surface area (Å²) in [6.45, 7) is 0. The Hall–Kier alpha value is -3.08. The smallest absolute Gasteiger partial charge is 0.269 e. The van der Waals surface area contributed by atoms with Crippen LogP contribution in [0.4, 0.5) is 10.8 Å². The number of non-ortho nitro benzene ring substituents is 1. The van der Waals surface area contributed by atoms with E-state index in [1.807, 2.05) is 0 Å². The Balaban J connectivity index is 1.71. The van der Waals surface area contributed by atoms with Gasteiger partial charge in [-0.25, -0.2) is 13.4 Å². The van der Waals surface area contributed by atoms with E-state index in [0.29, 0.717) is 5.02 Å². The summed E-state index contributed by atoms with van der Waals surface area (Å²) in [6, 6.07) is 11.4. The Morgan fingerprint density at radius 2 is 1.79 bits per heavy atom. The van der Waals surface area contributed by atoms with Gasteiger partial charge in [0.1, 0.15) is 4.21 Å². The quantitative estimate of drug-likeness (QED) is 0.342. The van der Waals surface area contributed by atoms with Crippen molar-refractivity contribution in [3.63, 3.8) is 0 Å². The molecule has 0 aliphatic heterocycles. The monoisotopic (exact) mass is 449 g/mol. The highest BCUT2D eigenvalue weighted by molar-refractivity contribution is 7.93. The number of amides is 1. The van der Waals surface area contributed by atoms with E-state index >= 15 is 0 Å². The van der Waals surface area contributed by atoms with Gasteiger partial charge < -0.3 is 0 Å². The van der Waals surface area contributed by atoms with Crippen molar-refractivity contribution in [3.8, 4) is 0 Å². The zero-order valence-corrected chi connectivity index (χ0v) is 16.9. The third-order valence-electron chi connectivity index (χ3n) is 3.63. The molecule has 0 bridgehead atoms. The van der Waals surface area contributed by atoms with Crippen molar-refractivity contribution >= 4 is 55.6 Å². The van der Waals surface area contributed by atoms with Gasteiger partial charge >= 0.3 is 0 Å². The fraction of sp³-hybridized carbons (Fsp3) is 0. The SMILES string of the molecule is O=C(C=Cc1ccc(Cl)cc1)Nc1ncc(S(=O)(=O)c2ccc([N+](=O)[O-])cc2)s1. The van der Waals surface area contributed by atoms with Crippen LogP contribution >= 0.6 is 22.9 Å². The molecule has 0 atom stereocenters. The van der Waals surface area contributed by atoms with Crippen LogP contribution in [0.1, 0.15) is 5.56 Å². The Morgan fingerprint density at radius 3 is 2.41 bits per heavy atom.